The number of carbonyl (C=O) groups is 1. The standard InChI is InChI=1S/C21H21NO3/c23-12-13-25-20-11-4-2-7-18(20)15-22-21(24)14-17-9-5-8-16-6-1-3-10-19(16)17/h1-11,23H,12-15H2,(H,22,24). The zero-order valence-electron chi connectivity index (χ0n) is 13.9. The van der Waals surface area contributed by atoms with E-state index in [-0.39, 0.29) is 19.1 Å². The number of hydrogen-bond donors (Lipinski definition) is 2. The maximum Gasteiger partial charge on any atom is 0.224 e. The number of benzene rings is 3. The Morgan fingerprint density at radius 2 is 1.64 bits per heavy atom. The Kier molecular flexibility index (Phi) is 5.65. The Bertz CT molecular complexity index is 855. The van der Waals surface area contributed by atoms with E-state index in [1.807, 2.05) is 66.7 Å². The van der Waals surface area contributed by atoms with Gasteiger partial charge < -0.3 is 15.2 Å². The van der Waals surface area contributed by atoms with Crippen LogP contribution in [0.3, 0.4) is 0 Å². The number of carbonyl (C=O) groups excluding carboxylic acids is 1. The molecule has 0 radical (unpaired) electrons. The highest BCUT2D eigenvalue weighted by Crippen LogP contribution is 2.20. The Hall–Kier alpha value is -2.85. The highest BCUT2D eigenvalue weighted by atomic mass is 16.5. The molecule has 0 aromatic heterocycles. The zero-order valence-corrected chi connectivity index (χ0v) is 13.9. The molecule has 128 valence electrons. The highest BCUT2D eigenvalue weighted by Gasteiger charge is 2.08. The predicted octanol–water partition coefficient (Wildman–Crippen LogP) is 3.07. The maximum atomic E-state index is 12.4. The topological polar surface area (TPSA) is 58.6 Å². The van der Waals surface area contributed by atoms with Gasteiger partial charge in [0.1, 0.15) is 12.4 Å². The van der Waals surface area contributed by atoms with E-state index in [4.69, 9.17) is 9.84 Å². The summed E-state index contributed by atoms with van der Waals surface area (Å²) in [4.78, 5) is 12.4. The molecule has 0 fully saturated rings. The second kappa shape index (κ2) is 8.31. The first-order chi connectivity index (χ1) is 12.3. The molecule has 0 aliphatic rings. The molecular formula is C21H21NO3. The molecule has 2 N–H and O–H groups in total. The molecule has 3 aromatic carbocycles. The summed E-state index contributed by atoms with van der Waals surface area (Å²) < 4.78 is 5.49. The number of aliphatic hydroxyl groups excluding tert-OH is 1. The van der Waals surface area contributed by atoms with Crippen molar-refractivity contribution in [1.29, 1.82) is 0 Å². The molecule has 0 atom stereocenters. The molecule has 1 amide bonds. The van der Waals surface area contributed by atoms with Crippen molar-refractivity contribution in [1.82, 2.24) is 5.32 Å². The van der Waals surface area contributed by atoms with Crippen LogP contribution in [0.1, 0.15) is 11.1 Å². The largest absolute Gasteiger partial charge is 0.491 e. The lowest BCUT2D eigenvalue weighted by molar-refractivity contribution is -0.120. The Balaban J connectivity index is 1.65. The Morgan fingerprint density at radius 3 is 2.52 bits per heavy atom. The molecule has 0 bridgehead atoms. The number of rotatable bonds is 7. The number of hydrogen-bond acceptors (Lipinski definition) is 3. The minimum Gasteiger partial charge on any atom is -0.491 e. The van der Waals surface area contributed by atoms with Gasteiger partial charge in [-0.15, -0.1) is 0 Å². The number of amides is 1. The van der Waals surface area contributed by atoms with E-state index in [2.05, 4.69) is 5.32 Å². The van der Waals surface area contributed by atoms with Gasteiger partial charge >= 0.3 is 0 Å². The monoisotopic (exact) mass is 335 g/mol. The molecule has 0 saturated carbocycles. The van der Waals surface area contributed by atoms with Crippen molar-refractivity contribution in [3.63, 3.8) is 0 Å². The molecule has 0 saturated heterocycles. The number of nitrogens with one attached hydrogen (secondary N) is 1. The fraction of sp³-hybridized carbons (Fsp3) is 0.190. The van der Waals surface area contributed by atoms with E-state index < -0.39 is 0 Å². The van der Waals surface area contributed by atoms with Gasteiger partial charge in [-0.25, -0.2) is 0 Å². The van der Waals surface area contributed by atoms with E-state index in [1.54, 1.807) is 0 Å². The maximum absolute atomic E-state index is 12.4. The van der Waals surface area contributed by atoms with E-state index in [9.17, 15) is 4.79 Å². The zero-order chi connectivity index (χ0) is 17.5. The second-order valence-electron chi connectivity index (χ2n) is 5.77. The van der Waals surface area contributed by atoms with Gasteiger partial charge in [0.25, 0.3) is 0 Å². The van der Waals surface area contributed by atoms with Crippen LogP contribution in [0.15, 0.2) is 66.7 Å². The number of ether oxygens (including phenoxy) is 1. The lowest BCUT2D eigenvalue weighted by Crippen LogP contribution is -2.25. The summed E-state index contributed by atoms with van der Waals surface area (Å²) in [6.45, 7) is 0.591. The molecule has 0 heterocycles. The van der Waals surface area contributed by atoms with Crippen LogP contribution >= 0.6 is 0 Å². The van der Waals surface area contributed by atoms with E-state index in [1.165, 1.54) is 0 Å². The van der Waals surface area contributed by atoms with Crippen molar-refractivity contribution in [3.8, 4) is 5.75 Å². The minimum atomic E-state index is -0.0399. The fourth-order valence-electron chi connectivity index (χ4n) is 2.82. The van der Waals surface area contributed by atoms with Gasteiger partial charge in [0.2, 0.25) is 5.91 Å². The molecule has 0 aliphatic carbocycles. The van der Waals surface area contributed by atoms with Crippen LogP contribution in [0.2, 0.25) is 0 Å². The van der Waals surface area contributed by atoms with E-state index in [0.29, 0.717) is 18.7 Å². The summed E-state index contributed by atoms with van der Waals surface area (Å²) in [5.74, 6) is 0.648. The van der Waals surface area contributed by atoms with E-state index >= 15 is 0 Å². The number of aliphatic hydroxyl groups is 1. The summed E-state index contributed by atoms with van der Waals surface area (Å²) in [6, 6.07) is 21.6. The van der Waals surface area contributed by atoms with Gasteiger partial charge in [-0.05, 0) is 22.4 Å². The first-order valence-corrected chi connectivity index (χ1v) is 8.33. The van der Waals surface area contributed by atoms with Crippen LogP contribution in [-0.2, 0) is 17.8 Å². The second-order valence-corrected chi connectivity index (χ2v) is 5.77. The van der Waals surface area contributed by atoms with Crippen LogP contribution < -0.4 is 10.1 Å². The molecule has 0 unspecified atom stereocenters. The number of para-hydroxylation sites is 1. The lowest BCUT2D eigenvalue weighted by atomic mass is 10.0. The van der Waals surface area contributed by atoms with Crippen molar-refractivity contribution in [3.05, 3.63) is 77.9 Å². The molecule has 0 spiro atoms. The van der Waals surface area contributed by atoms with Crippen molar-refractivity contribution in [2.75, 3.05) is 13.2 Å². The average Bonchev–Trinajstić information content (AvgIpc) is 2.65. The van der Waals surface area contributed by atoms with Gasteiger partial charge in [-0.3, -0.25) is 4.79 Å². The number of fused-ring (bicyclic) bond motifs is 1. The third kappa shape index (κ3) is 4.37. The highest BCUT2D eigenvalue weighted by molar-refractivity contribution is 5.90. The van der Waals surface area contributed by atoms with Crippen LogP contribution in [0.5, 0.6) is 5.75 Å². The van der Waals surface area contributed by atoms with Crippen LogP contribution in [0.4, 0.5) is 0 Å². The predicted molar refractivity (Wildman–Crippen MR) is 98.5 cm³/mol. The Labute approximate surface area is 147 Å². The summed E-state index contributed by atoms with van der Waals surface area (Å²) in [5.41, 5.74) is 1.91. The van der Waals surface area contributed by atoms with Crippen molar-refractivity contribution in [2.24, 2.45) is 0 Å². The van der Waals surface area contributed by atoms with Crippen LogP contribution in [0, 0.1) is 0 Å². The summed E-state index contributed by atoms with van der Waals surface area (Å²) >= 11 is 0. The summed E-state index contributed by atoms with van der Waals surface area (Å²) in [7, 11) is 0. The van der Waals surface area contributed by atoms with Gasteiger partial charge in [0.05, 0.1) is 13.0 Å². The fourth-order valence-corrected chi connectivity index (χ4v) is 2.82. The normalized spacial score (nSPS) is 10.6. The molecule has 3 aromatic rings. The Morgan fingerprint density at radius 1 is 0.920 bits per heavy atom. The molecule has 3 rings (SSSR count). The third-order valence-corrected chi connectivity index (χ3v) is 4.03. The van der Waals surface area contributed by atoms with Crippen LogP contribution in [-0.4, -0.2) is 24.2 Å². The van der Waals surface area contributed by atoms with Crippen LogP contribution in [0.25, 0.3) is 10.8 Å². The smallest absolute Gasteiger partial charge is 0.224 e. The SMILES string of the molecule is O=C(Cc1cccc2ccccc12)NCc1ccccc1OCCO. The summed E-state index contributed by atoms with van der Waals surface area (Å²) in [6.07, 6.45) is 0.334. The quantitative estimate of drug-likeness (QED) is 0.698. The molecule has 4 heteroatoms. The molecule has 25 heavy (non-hydrogen) atoms. The third-order valence-electron chi connectivity index (χ3n) is 4.03. The van der Waals surface area contributed by atoms with Gasteiger partial charge in [-0.2, -0.15) is 0 Å². The molecule has 0 aliphatic heterocycles. The van der Waals surface area contributed by atoms with Gasteiger partial charge in [0.15, 0.2) is 0 Å². The molecule has 4 nitrogen and oxygen atoms in total. The van der Waals surface area contributed by atoms with Crippen molar-refractivity contribution in [2.45, 2.75) is 13.0 Å². The van der Waals surface area contributed by atoms with Gasteiger partial charge in [-0.1, -0.05) is 60.7 Å². The summed E-state index contributed by atoms with van der Waals surface area (Å²) in [5, 5.41) is 14.1. The van der Waals surface area contributed by atoms with E-state index in [0.717, 1.165) is 21.9 Å². The van der Waals surface area contributed by atoms with Crippen molar-refractivity contribution < 1.29 is 14.6 Å². The first-order valence-electron chi connectivity index (χ1n) is 8.33. The molecular weight excluding hydrogens is 314 g/mol. The van der Waals surface area contributed by atoms with Gasteiger partial charge in [0, 0.05) is 12.1 Å². The van der Waals surface area contributed by atoms with Crippen molar-refractivity contribution >= 4 is 16.7 Å². The minimum absolute atomic E-state index is 0.0340. The lowest BCUT2D eigenvalue weighted by Gasteiger charge is -2.12. The first kappa shape index (κ1) is 17.0. The average molecular weight is 335 g/mol.